The highest BCUT2D eigenvalue weighted by atomic mass is 16.5. The van der Waals surface area contributed by atoms with Crippen LogP contribution in [0.4, 0.5) is 5.82 Å². The van der Waals surface area contributed by atoms with Gasteiger partial charge in [0.2, 0.25) is 0 Å². The first-order valence-electron chi connectivity index (χ1n) is 7.36. The lowest BCUT2D eigenvalue weighted by Gasteiger charge is -2.16. The van der Waals surface area contributed by atoms with E-state index in [9.17, 15) is 14.7 Å². The second-order valence-corrected chi connectivity index (χ2v) is 5.00. The van der Waals surface area contributed by atoms with Gasteiger partial charge in [0.25, 0.3) is 0 Å². The van der Waals surface area contributed by atoms with E-state index in [4.69, 9.17) is 0 Å². The zero-order valence-corrected chi connectivity index (χ0v) is 12.6. The van der Waals surface area contributed by atoms with Crippen LogP contribution in [0.3, 0.4) is 0 Å². The third kappa shape index (κ3) is 5.23. The molecule has 3 N–H and O–H groups in total. The molecule has 0 aliphatic rings. The highest BCUT2D eigenvalue weighted by molar-refractivity contribution is 6.39. The van der Waals surface area contributed by atoms with E-state index in [2.05, 4.69) is 20.3 Å². The molecule has 7 heteroatoms. The third-order valence-corrected chi connectivity index (χ3v) is 3.41. The standard InChI is InChI=1S/C16H19N3O4/c20-10-7-13(12-4-2-1-3-5-12)6-9-17-15(21)16(22)18-14-8-11-23-19-14/h1-5,8,11,13,20H,6-7,9-10H2,(H,17,21)(H,18,19,22). The van der Waals surface area contributed by atoms with Crippen LogP contribution in [0.25, 0.3) is 0 Å². The van der Waals surface area contributed by atoms with Crippen LogP contribution in [-0.4, -0.2) is 35.2 Å². The summed E-state index contributed by atoms with van der Waals surface area (Å²) < 4.78 is 4.56. The lowest BCUT2D eigenvalue weighted by Crippen LogP contribution is -2.36. The van der Waals surface area contributed by atoms with E-state index >= 15 is 0 Å². The van der Waals surface area contributed by atoms with Crippen LogP contribution in [0, 0.1) is 0 Å². The normalized spacial score (nSPS) is 11.7. The lowest BCUT2D eigenvalue weighted by molar-refractivity contribution is -0.136. The maximum atomic E-state index is 11.7. The Balaban J connectivity index is 1.80. The van der Waals surface area contributed by atoms with Crippen LogP contribution in [0.5, 0.6) is 0 Å². The first-order chi connectivity index (χ1) is 11.2. The van der Waals surface area contributed by atoms with Gasteiger partial charge in [0.05, 0.1) is 0 Å². The second kappa shape index (κ2) is 8.70. The van der Waals surface area contributed by atoms with E-state index in [0.29, 0.717) is 19.4 Å². The summed E-state index contributed by atoms with van der Waals surface area (Å²) in [5.74, 6) is -1.21. The van der Waals surface area contributed by atoms with Crippen molar-refractivity contribution in [3.8, 4) is 0 Å². The van der Waals surface area contributed by atoms with Crippen LogP contribution in [-0.2, 0) is 9.59 Å². The van der Waals surface area contributed by atoms with Gasteiger partial charge in [0.15, 0.2) is 5.82 Å². The van der Waals surface area contributed by atoms with Crippen molar-refractivity contribution in [2.75, 3.05) is 18.5 Å². The van der Waals surface area contributed by atoms with E-state index in [-0.39, 0.29) is 18.3 Å². The predicted molar refractivity (Wildman–Crippen MR) is 83.6 cm³/mol. The summed E-state index contributed by atoms with van der Waals surface area (Å²) >= 11 is 0. The van der Waals surface area contributed by atoms with Crippen LogP contribution in [0.1, 0.15) is 24.3 Å². The number of rotatable bonds is 7. The van der Waals surface area contributed by atoms with E-state index in [1.165, 1.54) is 12.3 Å². The molecule has 7 nitrogen and oxygen atoms in total. The summed E-state index contributed by atoms with van der Waals surface area (Å²) in [5.41, 5.74) is 1.10. The molecule has 1 atom stereocenters. The SMILES string of the molecule is O=C(NCCC(CCO)c1ccccc1)C(=O)Nc1ccon1. The fourth-order valence-corrected chi connectivity index (χ4v) is 2.25. The number of anilines is 1. The highest BCUT2D eigenvalue weighted by Gasteiger charge is 2.16. The number of nitrogens with one attached hydrogen (secondary N) is 2. The van der Waals surface area contributed by atoms with Crippen molar-refractivity contribution in [1.82, 2.24) is 10.5 Å². The lowest BCUT2D eigenvalue weighted by atomic mass is 9.93. The van der Waals surface area contributed by atoms with Crippen molar-refractivity contribution in [2.45, 2.75) is 18.8 Å². The maximum absolute atomic E-state index is 11.7. The third-order valence-electron chi connectivity index (χ3n) is 3.41. The summed E-state index contributed by atoms with van der Waals surface area (Å²) in [4.78, 5) is 23.4. The van der Waals surface area contributed by atoms with Gasteiger partial charge in [-0.3, -0.25) is 14.9 Å². The van der Waals surface area contributed by atoms with Crippen molar-refractivity contribution < 1.29 is 19.2 Å². The molecule has 0 bridgehead atoms. The Labute approximate surface area is 133 Å². The van der Waals surface area contributed by atoms with E-state index < -0.39 is 11.8 Å². The number of aromatic nitrogens is 1. The Morgan fingerprint density at radius 2 is 1.91 bits per heavy atom. The highest BCUT2D eigenvalue weighted by Crippen LogP contribution is 2.22. The van der Waals surface area contributed by atoms with Gasteiger partial charge in [-0.25, -0.2) is 0 Å². The number of aliphatic hydroxyl groups excluding tert-OH is 1. The molecule has 0 aliphatic carbocycles. The molecule has 2 amide bonds. The molecular weight excluding hydrogens is 298 g/mol. The Hall–Kier alpha value is -2.67. The number of nitrogens with zero attached hydrogens (tertiary/aromatic N) is 1. The van der Waals surface area contributed by atoms with E-state index in [1.54, 1.807) is 0 Å². The predicted octanol–water partition coefficient (Wildman–Crippen LogP) is 1.29. The van der Waals surface area contributed by atoms with Gasteiger partial charge in [-0.15, -0.1) is 0 Å². The number of carbonyl (C=O) groups is 2. The van der Waals surface area contributed by atoms with Gasteiger partial charge < -0.3 is 14.9 Å². The molecule has 122 valence electrons. The van der Waals surface area contributed by atoms with Gasteiger partial charge >= 0.3 is 11.8 Å². The monoisotopic (exact) mass is 317 g/mol. The Morgan fingerprint density at radius 3 is 2.57 bits per heavy atom. The Bertz CT molecular complexity index is 614. The molecule has 1 unspecified atom stereocenters. The van der Waals surface area contributed by atoms with Crippen molar-refractivity contribution in [2.24, 2.45) is 0 Å². The smallest absolute Gasteiger partial charge is 0.314 e. The topological polar surface area (TPSA) is 104 Å². The number of benzene rings is 1. The van der Waals surface area contributed by atoms with Gasteiger partial charge in [-0.2, -0.15) is 0 Å². The first kappa shape index (κ1) is 16.7. The molecule has 0 fully saturated rings. The van der Waals surface area contributed by atoms with Crippen molar-refractivity contribution in [3.05, 3.63) is 48.2 Å². The zero-order chi connectivity index (χ0) is 16.5. The van der Waals surface area contributed by atoms with Crippen molar-refractivity contribution in [1.29, 1.82) is 0 Å². The Morgan fingerprint density at radius 1 is 1.13 bits per heavy atom. The Kier molecular flexibility index (Phi) is 6.31. The minimum atomic E-state index is -0.794. The summed E-state index contributed by atoms with van der Waals surface area (Å²) in [7, 11) is 0. The van der Waals surface area contributed by atoms with Crippen LogP contribution < -0.4 is 10.6 Å². The fraction of sp³-hybridized carbons (Fsp3) is 0.312. The van der Waals surface area contributed by atoms with E-state index in [0.717, 1.165) is 5.56 Å². The summed E-state index contributed by atoms with van der Waals surface area (Å²) in [6.45, 7) is 0.408. The molecule has 0 aliphatic heterocycles. The van der Waals surface area contributed by atoms with Crippen molar-refractivity contribution >= 4 is 17.6 Å². The number of hydrogen-bond acceptors (Lipinski definition) is 5. The summed E-state index contributed by atoms with van der Waals surface area (Å²) in [6, 6.07) is 11.2. The molecule has 1 heterocycles. The fourth-order valence-electron chi connectivity index (χ4n) is 2.25. The molecule has 0 spiro atoms. The number of amides is 2. The second-order valence-electron chi connectivity index (χ2n) is 5.00. The average molecular weight is 317 g/mol. The number of hydrogen-bond donors (Lipinski definition) is 3. The molecular formula is C16H19N3O4. The van der Waals surface area contributed by atoms with Gasteiger partial charge in [-0.05, 0) is 24.3 Å². The van der Waals surface area contributed by atoms with E-state index in [1.807, 2.05) is 30.3 Å². The van der Waals surface area contributed by atoms with Gasteiger partial charge in [0.1, 0.15) is 6.26 Å². The molecule has 2 rings (SSSR count). The minimum absolute atomic E-state index is 0.0696. The first-order valence-corrected chi connectivity index (χ1v) is 7.36. The van der Waals surface area contributed by atoms with Crippen molar-refractivity contribution in [3.63, 3.8) is 0 Å². The average Bonchev–Trinajstić information content (AvgIpc) is 3.07. The summed E-state index contributed by atoms with van der Waals surface area (Å²) in [5, 5.41) is 17.6. The molecule has 0 saturated carbocycles. The molecule has 2 aromatic rings. The molecule has 23 heavy (non-hydrogen) atoms. The molecule has 1 aromatic carbocycles. The number of carbonyl (C=O) groups excluding carboxylic acids is 2. The van der Waals surface area contributed by atoms with Crippen LogP contribution >= 0.6 is 0 Å². The zero-order valence-electron chi connectivity index (χ0n) is 12.6. The van der Waals surface area contributed by atoms with Crippen LogP contribution in [0.2, 0.25) is 0 Å². The summed E-state index contributed by atoms with van der Waals surface area (Å²) in [6.07, 6.45) is 2.53. The van der Waals surface area contributed by atoms with Gasteiger partial charge in [0, 0.05) is 19.2 Å². The molecule has 0 radical (unpaired) electrons. The molecule has 0 saturated heterocycles. The largest absolute Gasteiger partial charge is 0.396 e. The maximum Gasteiger partial charge on any atom is 0.314 e. The minimum Gasteiger partial charge on any atom is -0.396 e. The van der Waals surface area contributed by atoms with Gasteiger partial charge in [-0.1, -0.05) is 35.5 Å². The molecule has 1 aromatic heterocycles. The van der Waals surface area contributed by atoms with Crippen LogP contribution in [0.15, 0.2) is 47.2 Å². The quantitative estimate of drug-likeness (QED) is 0.667. The number of aliphatic hydroxyl groups is 1.